The summed E-state index contributed by atoms with van der Waals surface area (Å²) in [6.07, 6.45) is 0. The van der Waals surface area contributed by atoms with Gasteiger partial charge in [-0.05, 0) is 55.8 Å². The number of nitrogens with zero attached hydrogens (tertiary/aromatic N) is 2. The molecule has 3 rings (SSSR count). The Morgan fingerprint density at radius 3 is 2.07 bits per heavy atom. The minimum absolute atomic E-state index is 0.700. The number of hydrogen-bond acceptors (Lipinski definition) is 3. The predicted molar refractivity (Wildman–Crippen MR) is 118 cm³/mol. The maximum absolute atomic E-state index is 6.22. The van der Waals surface area contributed by atoms with E-state index in [1.807, 2.05) is 74.5 Å². The van der Waals surface area contributed by atoms with E-state index in [-0.39, 0.29) is 0 Å². The molecule has 0 aliphatic heterocycles. The molecule has 0 N–H and O–H groups in total. The fourth-order valence-electron chi connectivity index (χ4n) is 2.45. The molecular formula is C22H18Cl2N2S. The first-order valence-corrected chi connectivity index (χ1v) is 9.98. The van der Waals surface area contributed by atoms with Crippen molar-refractivity contribution >= 4 is 46.4 Å². The van der Waals surface area contributed by atoms with Crippen molar-refractivity contribution in [1.29, 1.82) is 0 Å². The Kier molecular flexibility index (Phi) is 6.73. The van der Waals surface area contributed by atoms with Gasteiger partial charge in [0, 0.05) is 25.4 Å². The standard InChI is InChI=1S/C22H18Cl2N2S/c1-15(17-8-10-18(23)11-9-17)25-26-16(2)21-13-12-19(24)14-22(21)27-20-6-4-3-5-7-20/h3-14H,1-2H3/b25-15+,26-16+. The van der Waals surface area contributed by atoms with Crippen LogP contribution in [-0.2, 0) is 0 Å². The van der Waals surface area contributed by atoms with E-state index in [1.165, 1.54) is 0 Å². The first-order valence-electron chi connectivity index (χ1n) is 8.40. The number of benzene rings is 3. The van der Waals surface area contributed by atoms with E-state index in [0.29, 0.717) is 10.0 Å². The first-order chi connectivity index (χ1) is 13.0. The van der Waals surface area contributed by atoms with Crippen molar-refractivity contribution in [3.8, 4) is 0 Å². The molecular weight excluding hydrogens is 395 g/mol. The lowest BCUT2D eigenvalue weighted by atomic mass is 10.1. The van der Waals surface area contributed by atoms with Crippen molar-refractivity contribution < 1.29 is 0 Å². The van der Waals surface area contributed by atoms with Crippen LogP contribution >= 0.6 is 35.0 Å². The zero-order chi connectivity index (χ0) is 19.2. The van der Waals surface area contributed by atoms with Crippen molar-refractivity contribution in [1.82, 2.24) is 0 Å². The molecule has 3 aromatic carbocycles. The molecule has 5 heteroatoms. The normalized spacial score (nSPS) is 12.3. The molecule has 27 heavy (non-hydrogen) atoms. The molecule has 0 aliphatic carbocycles. The molecule has 0 saturated carbocycles. The second-order valence-electron chi connectivity index (χ2n) is 5.93. The molecule has 0 spiro atoms. The summed E-state index contributed by atoms with van der Waals surface area (Å²) < 4.78 is 0. The summed E-state index contributed by atoms with van der Waals surface area (Å²) in [7, 11) is 0. The largest absolute Gasteiger partial charge is 0.155 e. The first kappa shape index (κ1) is 19.7. The van der Waals surface area contributed by atoms with Crippen LogP contribution in [0, 0.1) is 0 Å². The van der Waals surface area contributed by atoms with Gasteiger partial charge >= 0.3 is 0 Å². The molecule has 136 valence electrons. The number of hydrogen-bond donors (Lipinski definition) is 0. The minimum Gasteiger partial charge on any atom is -0.155 e. The van der Waals surface area contributed by atoms with Crippen LogP contribution in [0.2, 0.25) is 10.0 Å². The minimum atomic E-state index is 0.700. The van der Waals surface area contributed by atoms with Crippen LogP contribution in [-0.4, -0.2) is 11.4 Å². The van der Waals surface area contributed by atoms with Crippen molar-refractivity contribution in [3.05, 3.63) is 94.0 Å². The predicted octanol–water partition coefficient (Wildman–Crippen LogP) is 7.38. The molecule has 0 saturated heterocycles. The molecule has 0 unspecified atom stereocenters. The summed E-state index contributed by atoms with van der Waals surface area (Å²) in [6.45, 7) is 3.89. The van der Waals surface area contributed by atoms with E-state index >= 15 is 0 Å². The van der Waals surface area contributed by atoms with E-state index in [2.05, 4.69) is 22.3 Å². The average Bonchev–Trinajstić information content (AvgIpc) is 2.67. The smallest absolute Gasteiger partial charge is 0.0683 e. The Morgan fingerprint density at radius 2 is 1.37 bits per heavy atom. The Hall–Kier alpha value is -2.07. The van der Waals surface area contributed by atoms with E-state index < -0.39 is 0 Å². The highest BCUT2D eigenvalue weighted by Gasteiger charge is 2.09. The molecule has 0 amide bonds. The van der Waals surface area contributed by atoms with Gasteiger partial charge in [0.1, 0.15) is 0 Å². The van der Waals surface area contributed by atoms with E-state index in [4.69, 9.17) is 23.2 Å². The van der Waals surface area contributed by atoms with Gasteiger partial charge in [0.15, 0.2) is 0 Å². The third kappa shape index (κ3) is 5.46. The summed E-state index contributed by atoms with van der Waals surface area (Å²) in [5.74, 6) is 0. The lowest BCUT2D eigenvalue weighted by molar-refractivity contribution is 1.21. The van der Waals surface area contributed by atoms with Crippen LogP contribution in [0.4, 0.5) is 0 Å². The van der Waals surface area contributed by atoms with Gasteiger partial charge in [-0.2, -0.15) is 10.2 Å². The third-order valence-electron chi connectivity index (χ3n) is 3.92. The van der Waals surface area contributed by atoms with Gasteiger partial charge < -0.3 is 0 Å². The quantitative estimate of drug-likeness (QED) is 0.316. The molecule has 0 bridgehead atoms. The van der Waals surface area contributed by atoms with E-state index in [9.17, 15) is 0 Å². The lowest BCUT2D eigenvalue weighted by Gasteiger charge is -2.09. The van der Waals surface area contributed by atoms with Crippen LogP contribution in [0.1, 0.15) is 25.0 Å². The molecule has 0 aromatic heterocycles. The van der Waals surface area contributed by atoms with Crippen LogP contribution in [0.5, 0.6) is 0 Å². The Bertz CT molecular complexity index is 981. The summed E-state index contributed by atoms with van der Waals surface area (Å²) in [5.41, 5.74) is 3.67. The Balaban J connectivity index is 1.89. The Labute approximate surface area is 173 Å². The second kappa shape index (κ2) is 9.23. The fourth-order valence-corrected chi connectivity index (χ4v) is 3.87. The lowest BCUT2D eigenvalue weighted by Crippen LogP contribution is -1.99. The molecule has 0 heterocycles. The Morgan fingerprint density at radius 1 is 0.741 bits per heavy atom. The maximum Gasteiger partial charge on any atom is 0.0683 e. The molecule has 2 nitrogen and oxygen atoms in total. The fraction of sp³-hybridized carbons (Fsp3) is 0.0909. The van der Waals surface area contributed by atoms with Gasteiger partial charge in [0.2, 0.25) is 0 Å². The highest BCUT2D eigenvalue weighted by Crippen LogP contribution is 2.32. The summed E-state index contributed by atoms with van der Waals surface area (Å²) >= 11 is 13.8. The summed E-state index contributed by atoms with van der Waals surface area (Å²) in [6, 6.07) is 23.6. The monoisotopic (exact) mass is 412 g/mol. The number of halogens is 2. The SMILES string of the molecule is C/C(=N\N=C(/C)c1ccc(Cl)cc1Sc1ccccc1)c1ccc(Cl)cc1. The molecule has 0 aliphatic rings. The zero-order valence-electron chi connectivity index (χ0n) is 15.0. The van der Waals surface area contributed by atoms with Crippen molar-refractivity contribution in [2.75, 3.05) is 0 Å². The van der Waals surface area contributed by atoms with Crippen molar-refractivity contribution in [3.63, 3.8) is 0 Å². The highest BCUT2D eigenvalue weighted by molar-refractivity contribution is 7.99. The summed E-state index contributed by atoms with van der Waals surface area (Å²) in [5, 5.41) is 10.2. The van der Waals surface area contributed by atoms with Crippen LogP contribution in [0.15, 0.2) is 92.8 Å². The highest BCUT2D eigenvalue weighted by atomic mass is 35.5. The van der Waals surface area contributed by atoms with Crippen LogP contribution in [0.3, 0.4) is 0 Å². The van der Waals surface area contributed by atoms with Gasteiger partial charge in [-0.1, -0.05) is 71.4 Å². The van der Waals surface area contributed by atoms with Gasteiger partial charge in [-0.15, -0.1) is 0 Å². The molecule has 0 atom stereocenters. The van der Waals surface area contributed by atoms with Crippen molar-refractivity contribution in [2.24, 2.45) is 10.2 Å². The van der Waals surface area contributed by atoms with E-state index in [0.717, 1.165) is 32.3 Å². The van der Waals surface area contributed by atoms with Gasteiger partial charge in [0.25, 0.3) is 0 Å². The molecule has 0 radical (unpaired) electrons. The average molecular weight is 413 g/mol. The second-order valence-corrected chi connectivity index (χ2v) is 7.92. The van der Waals surface area contributed by atoms with Gasteiger partial charge in [-0.25, -0.2) is 0 Å². The maximum atomic E-state index is 6.22. The molecule has 0 fully saturated rings. The van der Waals surface area contributed by atoms with Crippen LogP contribution in [0.25, 0.3) is 0 Å². The van der Waals surface area contributed by atoms with E-state index in [1.54, 1.807) is 11.8 Å². The summed E-state index contributed by atoms with van der Waals surface area (Å²) in [4.78, 5) is 2.20. The van der Waals surface area contributed by atoms with Gasteiger partial charge in [0.05, 0.1) is 11.4 Å². The van der Waals surface area contributed by atoms with Crippen LogP contribution < -0.4 is 0 Å². The molecule has 3 aromatic rings. The zero-order valence-corrected chi connectivity index (χ0v) is 17.3. The van der Waals surface area contributed by atoms with Gasteiger partial charge in [-0.3, -0.25) is 0 Å². The van der Waals surface area contributed by atoms with Crippen molar-refractivity contribution in [2.45, 2.75) is 23.6 Å². The topological polar surface area (TPSA) is 24.7 Å². The number of rotatable bonds is 5. The third-order valence-corrected chi connectivity index (χ3v) is 5.47.